The van der Waals surface area contributed by atoms with Gasteiger partial charge in [-0.1, -0.05) is 12.1 Å². The van der Waals surface area contributed by atoms with Gasteiger partial charge in [-0.3, -0.25) is 9.89 Å². The number of rotatable bonds is 3. The number of carbonyl (C=O) groups is 1. The van der Waals surface area contributed by atoms with E-state index in [1.54, 1.807) is 11.3 Å². The van der Waals surface area contributed by atoms with E-state index in [2.05, 4.69) is 15.1 Å². The van der Waals surface area contributed by atoms with E-state index in [0.29, 0.717) is 25.5 Å². The molecule has 3 aromatic heterocycles. The van der Waals surface area contributed by atoms with Crippen molar-refractivity contribution in [3.63, 3.8) is 0 Å². The highest BCUT2D eigenvalue weighted by atomic mass is 32.1. The molecular weight excluding hydrogens is 400 g/mol. The molecule has 0 saturated carbocycles. The fourth-order valence-electron chi connectivity index (χ4n) is 4.19. The van der Waals surface area contributed by atoms with Gasteiger partial charge in [-0.05, 0) is 18.6 Å². The third kappa shape index (κ3) is 2.85. The summed E-state index contributed by atoms with van der Waals surface area (Å²) >= 11 is 1.61. The molecule has 1 N–H and O–H groups in total. The lowest BCUT2D eigenvalue weighted by Crippen LogP contribution is -2.36. The molecule has 2 aliphatic heterocycles. The van der Waals surface area contributed by atoms with E-state index >= 15 is 0 Å². The Bertz CT molecular complexity index is 1260. The quantitative estimate of drug-likeness (QED) is 0.548. The highest BCUT2D eigenvalue weighted by Crippen LogP contribution is 2.40. The molecule has 0 bridgehead atoms. The average Bonchev–Trinajstić information content (AvgIpc) is 3.52. The fourth-order valence-corrected chi connectivity index (χ4v) is 5.35. The summed E-state index contributed by atoms with van der Waals surface area (Å²) in [5.41, 5.74) is 2.78. The van der Waals surface area contributed by atoms with Crippen LogP contribution < -0.4 is 9.80 Å². The third-order valence-electron chi connectivity index (χ3n) is 5.72. The Morgan fingerprint density at radius 2 is 2.03 bits per heavy atom. The smallest absolute Gasteiger partial charge is 0.227 e. The van der Waals surface area contributed by atoms with Crippen molar-refractivity contribution in [2.24, 2.45) is 0 Å². The number of aromatic amines is 1. The fraction of sp³-hybridized carbons (Fsp3) is 0.333. The molecule has 6 rings (SSSR count). The maximum Gasteiger partial charge on any atom is 0.227 e. The molecule has 5 heterocycles. The second kappa shape index (κ2) is 7.03. The summed E-state index contributed by atoms with van der Waals surface area (Å²) < 4.78 is 6.57. The van der Waals surface area contributed by atoms with Crippen molar-refractivity contribution in [3.8, 4) is 11.4 Å². The molecule has 0 spiro atoms. The van der Waals surface area contributed by atoms with Crippen LogP contribution in [0.15, 0.2) is 30.5 Å². The summed E-state index contributed by atoms with van der Waals surface area (Å²) in [4.78, 5) is 26.4. The van der Waals surface area contributed by atoms with E-state index in [4.69, 9.17) is 14.7 Å². The number of nitrogens with one attached hydrogen (secondary N) is 1. The Kier molecular flexibility index (Phi) is 4.17. The molecule has 1 amide bonds. The highest BCUT2D eigenvalue weighted by molar-refractivity contribution is 7.23. The van der Waals surface area contributed by atoms with Crippen LogP contribution in [0, 0.1) is 0 Å². The Morgan fingerprint density at radius 1 is 1.13 bits per heavy atom. The molecule has 0 radical (unpaired) electrons. The number of benzene rings is 1. The van der Waals surface area contributed by atoms with Crippen molar-refractivity contribution < 1.29 is 9.53 Å². The van der Waals surface area contributed by atoms with Gasteiger partial charge >= 0.3 is 0 Å². The Labute approximate surface area is 176 Å². The zero-order valence-corrected chi connectivity index (χ0v) is 17.1. The number of nitrogens with zero attached hydrogens (tertiary/aromatic N) is 5. The van der Waals surface area contributed by atoms with Crippen molar-refractivity contribution in [3.05, 3.63) is 30.5 Å². The minimum absolute atomic E-state index is 0.186. The number of hydrogen-bond donors (Lipinski definition) is 1. The second-order valence-electron chi connectivity index (χ2n) is 7.55. The Balaban J connectivity index is 1.55. The van der Waals surface area contributed by atoms with Crippen LogP contribution in [-0.2, 0) is 9.53 Å². The third-order valence-corrected chi connectivity index (χ3v) is 6.86. The van der Waals surface area contributed by atoms with E-state index in [1.807, 2.05) is 35.4 Å². The summed E-state index contributed by atoms with van der Waals surface area (Å²) in [7, 11) is 0. The van der Waals surface area contributed by atoms with Gasteiger partial charge < -0.3 is 14.5 Å². The van der Waals surface area contributed by atoms with Crippen molar-refractivity contribution in [1.82, 2.24) is 20.2 Å². The normalized spacial score (nSPS) is 17.5. The minimum atomic E-state index is 0.186. The molecule has 1 aromatic carbocycles. The lowest BCUT2D eigenvalue weighted by atomic mass is 10.1. The number of amides is 1. The van der Waals surface area contributed by atoms with Crippen LogP contribution in [0.1, 0.15) is 12.8 Å². The summed E-state index contributed by atoms with van der Waals surface area (Å²) in [6, 6.07) is 8.04. The number of ether oxygens (including phenoxy) is 1. The van der Waals surface area contributed by atoms with E-state index in [0.717, 1.165) is 63.6 Å². The van der Waals surface area contributed by atoms with Gasteiger partial charge in [0.25, 0.3) is 0 Å². The average molecular weight is 420 g/mol. The number of fused-ring (bicyclic) bond motifs is 2. The monoisotopic (exact) mass is 420 g/mol. The van der Waals surface area contributed by atoms with Gasteiger partial charge in [-0.25, -0.2) is 9.97 Å². The van der Waals surface area contributed by atoms with Crippen molar-refractivity contribution in [1.29, 1.82) is 0 Å². The van der Waals surface area contributed by atoms with Crippen molar-refractivity contribution >= 4 is 49.2 Å². The van der Waals surface area contributed by atoms with Crippen LogP contribution in [-0.4, -0.2) is 58.9 Å². The van der Waals surface area contributed by atoms with Crippen LogP contribution in [0.3, 0.4) is 0 Å². The van der Waals surface area contributed by atoms with Crippen LogP contribution in [0.2, 0.25) is 0 Å². The first-order valence-electron chi connectivity index (χ1n) is 10.1. The van der Waals surface area contributed by atoms with Crippen LogP contribution in [0.25, 0.3) is 32.5 Å². The minimum Gasteiger partial charge on any atom is -0.378 e. The van der Waals surface area contributed by atoms with E-state index in [1.165, 1.54) is 0 Å². The molecule has 0 unspecified atom stereocenters. The van der Waals surface area contributed by atoms with Gasteiger partial charge in [-0.15, -0.1) is 11.3 Å². The predicted molar refractivity (Wildman–Crippen MR) is 117 cm³/mol. The molecule has 2 saturated heterocycles. The Hall–Kier alpha value is -3.04. The van der Waals surface area contributed by atoms with Crippen LogP contribution in [0.5, 0.6) is 0 Å². The second-order valence-corrected chi connectivity index (χ2v) is 8.59. The molecule has 2 fully saturated rings. The zero-order chi connectivity index (χ0) is 20.1. The summed E-state index contributed by atoms with van der Waals surface area (Å²) in [5.74, 6) is 1.78. The first-order valence-corrected chi connectivity index (χ1v) is 11.0. The number of anilines is 2. The molecular formula is C21H20N6O2S. The van der Waals surface area contributed by atoms with Crippen molar-refractivity contribution in [2.75, 3.05) is 42.6 Å². The van der Waals surface area contributed by atoms with Gasteiger partial charge in [0.05, 0.1) is 35.1 Å². The van der Waals surface area contributed by atoms with Crippen molar-refractivity contribution in [2.45, 2.75) is 12.8 Å². The lowest BCUT2D eigenvalue weighted by molar-refractivity contribution is -0.117. The maximum absolute atomic E-state index is 12.3. The van der Waals surface area contributed by atoms with Crippen LogP contribution >= 0.6 is 11.3 Å². The molecule has 8 nitrogen and oxygen atoms in total. The summed E-state index contributed by atoms with van der Waals surface area (Å²) in [6.45, 7) is 3.71. The van der Waals surface area contributed by atoms with Gasteiger partial charge in [0.15, 0.2) is 11.6 Å². The molecule has 30 heavy (non-hydrogen) atoms. The van der Waals surface area contributed by atoms with Gasteiger partial charge in [0, 0.05) is 37.0 Å². The number of hydrogen-bond acceptors (Lipinski definition) is 7. The van der Waals surface area contributed by atoms with Gasteiger partial charge in [-0.2, -0.15) is 5.10 Å². The molecule has 4 aromatic rings. The lowest BCUT2D eigenvalue weighted by Gasteiger charge is -2.28. The highest BCUT2D eigenvalue weighted by Gasteiger charge is 2.26. The van der Waals surface area contributed by atoms with E-state index < -0.39 is 0 Å². The molecule has 0 aliphatic carbocycles. The van der Waals surface area contributed by atoms with Gasteiger partial charge in [0.1, 0.15) is 5.00 Å². The maximum atomic E-state index is 12.3. The number of carbonyl (C=O) groups excluding carboxylic acids is 1. The first kappa shape index (κ1) is 17.8. The predicted octanol–water partition coefficient (Wildman–Crippen LogP) is 3.20. The van der Waals surface area contributed by atoms with E-state index in [9.17, 15) is 4.79 Å². The standard InChI is InChI=1S/C21H20N6O2S/c28-17-5-2-6-27(17)18-11-16-19(30-18)21(26-7-9-29-10-8-26)24-20(23-16)13-3-1-4-15-14(13)12-22-25-15/h1,3-4,11-12H,2,5-10H2,(H,22,25). The molecule has 0 atom stereocenters. The molecule has 2 aliphatic rings. The van der Waals surface area contributed by atoms with Crippen LogP contribution in [0.4, 0.5) is 10.8 Å². The number of thiophene rings is 1. The first-order chi connectivity index (χ1) is 14.8. The molecule has 9 heteroatoms. The topological polar surface area (TPSA) is 87.2 Å². The van der Waals surface area contributed by atoms with E-state index in [-0.39, 0.29) is 5.91 Å². The number of morpholine rings is 1. The number of H-pyrrole nitrogens is 1. The van der Waals surface area contributed by atoms with Gasteiger partial charge in [0.2, 0.25) is 5.91 Å². The summed E-state index contributed by atoms with van der Waals surface area (Å²) in [5, 5.41) is 9.14. The largest absolute Gasteiger partial charge is 0.378 e. The number of aromatic nitrogens is 4. The Morgan fingerprint density at radius 3 is 2.87 bits per heavy atom. The zero-order valence-electron chi connectivity index (χ0n) is 16.3. The molecule has 152 valence electrons. The summed E-state index contributed by atoms with van der Waals surface area (Å²) in [6.07, 6.45) is 3.33. The SMILES string of the molecule is O=C1CCCN1c1cc2nc(-c3cccc4[nH]ncc34)nc(N3CCOCC3)c2s1.